The fraction of sp³-hybridized carbons (Fsp3) is 0.467. The third kappa shape index (κ3) is 3.63. The van der Waals surface area contributed by atoms with Crippen LogP contribution in [0.3, 0.4) is 0 Å². The predicted octanol–water partition coefficient (Wildman–Crippen LogP) is 2.39. The zero-order valence-electron chi connectivity index (χ0n) is 11.8. The average molecular weight is 277 g/mol. The minimum atomic E-state index is -0.242. The number of hydrogen-bond acceptors (Lipinski definition) is 3. The van der Waals surface area contributed by atoms with Gasteiger partial charge in [-0.15, -0.1) is 0 Å². The largest absolute Gasteiger partial charge is 0.396 e. The minimum absolute atomic E-state index is 0.0576. The van der Waals surface area contributed by atoms with E-state index in [1.165, 1.54) is 12.1 Å². The second-order valence-electron chi connectivity index (χ2n) is 5.30. The summed E-state index contributed by atoms with van der Waals surface area (Å²) in [4.78, 5) is 4.26. The van der Waals surface area contributed by atoms with E-state index in [0.29, 0.717) is 12.8 Å². The fourth-order valence-corrected chi connectivity index (χ4v) is 2.26. The highest BCUT2D eigenvalue weighted by Crippen LogP contribution is 2.15. The number of nitrogens with zero attached hydrogens (tertiary/aromatic N) is 3. The van der Waals surface area contributed by atoms with Gasteiger partial charge in [0.05, 0.1) is 0 Å². The van der Waals surface area contributed by atoms with E-state index >= 15 is 0 Å². The number of aliphatic hydroxyl groups excluding tert-OH is 1. The first-order chi connectivity index (χ1) is 9.60. The standard InChI is InChI=1S/C15H20FN3O/c1-11(2)19-15(17-10-18-19)8-13(9-20)7-12-3-5-14(16)6-4-12/h3-6,10-11,13,20H,7-9H2,1-2H3. The van der Waals surface area contributed by atoms with Gasteiger partial charge in [0.25, 0.3) is 0 Å². The Hall–Kier alpha value is -1.75. The van der Waals surface area contributed by atoms with Crippen LogP contribution < -0.4 is 0 Å². The van der Waals surface area contributed by atoms with Crippen molar-refractivity contribution < 1.29 is 9.50 Å². The van der Waals surface area contributed by atoms with Crippen molar-refractivity contribution in [1.29, 1.82) is 0 Å². The van der Waals surface area contributed by atoms with Crippen LogP contribution in [0.2, 0.25) is 0 Å². The Morgan fingerprint density at radius 1 is 1.20 bits per heavy atom. The van der Waals surface area contributed by atoms with Gasteiger partial charge in [-0.25, -0.2) is 14.1 Å². The van der Waals surface area contributed by atoms with Crippen molar-refractivity contribution in [2.45, 2.75) is 32.7 Å². The first-order valence-corrected chi connectivity index (χ1v) is 6.83. The van der Waals surface area contributed by atoms with Gasteiger partial charge < -0.3 is 5.11 Å². The molecule has 0 aliphatic carbocycles. The molecular formula is C15H20FN3O. The van der Waals surface area contributed by atoms with Crippen LogP contribution in [0.4, 0.5) is 4.39 Å². The number of halogens is 1. The Morgan fingerprint density at radius 2 is 1.90 bits per heavy atom. The molecule has 0 bridgehead atoms. The molecule has 0 spiro atoms. The van der Waals surface area contributed by atoms with Crippen molar-refractivity contribution in [1.82, 2.24) is 14.8 Å². The zero-order chi connectivity index (χ0) is 14.5. The van der Waals surface area contributed by atoms with Crippen LogP contribution in [0.5, 0.6) is 0 Å². The number of aliphatic hydroxyl groups is 1. The zero-order valence-corrected chi connectivity index (χ0v) is 11.8. The van der Waals surface area contributed by atoms with Gasteiger partial charge in [0.1, 0.15) is 18.0 Å². The van der Waals surface area contributed by atoms with Crippen LogP contribution in [-0.4, -0.2) is 26.5 Å². The van der Waals surface area contributed by atoms with Crippen LogP contribution in [0.15, 0.2) is 30.6 Å². The van der Waals surface area contributed by atoms with Gasteiger partial charge >= 0.3 is 0 Å². The predicted molar refractivity (Wildman–Crippen MR) is 74.8 cm³/mol. The van der Waals surface area contributed by atoms with E-state index in [1.807, 2.05) is 18.5 Å². The molecular weight excluding hydrogens is 257 g/mol. The fourth-order valence-electron chi connectivity index (χ4n) is 2.26. The van der Waals surface area contributed by atoms with Gasteiger partial charge in [-0.05, 0) is 43.9 Å². The summed E-state index contributed by atoms with van der Waals surface area (Å²) in [6, 6.07) is 6.65. The third-order valence-electron chi connectivity index (χ3n) is 3.30. The number of benzene rings is 1. The second-order valence-corrected chi connectivity index (χ2v) is 5.30. The number of aromatic nitrogens is 3. The molecule has 0 aliphatic heterocycles. The molecule has 2 rings (SSSR count). The van der Waals surface area contributed by atoms with Gasteiger partial charge in [0, 0.05) is 19.1 Å². The van der Waals surface area contributed by atoms with Crippen molar-refractivity contribution >= 4 is 0 Å². The number of rotatable bonds is 6. The van der Waals surface area contributed by atoms with E-state index in [0.717, 1.165) is 11.4 Å². The molecule has 1 unspecified atom stereocenters. The molecule has 108 valence electrons. The molecule has 0 aliphatic rings. The summed E-state index contributed by atoms with van der Waals surface area (Å²) in [7, 11) is 0. The van der Waals surface area contributed by atoms with Gasteiger partial charge in [-0.1, -0.05) is 12.1 Å². The smallest absolute Gasteiger partial charge is 0.138 e. The van der Waals surface area contributed by atoms with Gasteiger partial charge in [-0.3, -0.25) is 0 Å². The summed E-state index contributed by atoms with van der Waals surface area (Å²) < 4.78 is 14.8. The summed E-state index contributed by atoms with van der Waals surface area (Å²) in [6.45, 7) is 4.17. The van der Waals surface area contributed by atoms with E-state index < -0.39 is 0 Å². The lowest BCUT2D eigenvalue weighted by Crippen LogP contribution is -2.17. The maximum atomic E-state index is 12.9. The van der Waals surface area contributed by atoms with Crippen molar-refractivity contribution in [3.63, 3.8) is 0 Å². The summed E-state index contributed by atoms with van der Waals surface area (Å²) >= 11 is 0. The Labute approximate surface area is 118 Å². The molecule has 0 fully saturated rings. The highest BCUT2D eigenvalue weighted by atomic mass is 19.1. The molecule has 1 aromatic heterocycles. The first-order valence-electron chi connectivity index (χ1n) is 6.83. The summed E-state index contributed by atoms with van der Waals surface area (Å²) in [6.07, 6.45) is 2.90. The Balaban J connectivity index is 2.05. The monoisotopic (exact) mass is 277 g/mol. The molecule has 0 radical (unpaired) electrons. The summed E-state index contributed by atoms with van der Waals surface area (Å²) in [5, 5.41) is 13.7. The van der Waals surface area contributed by atoms with Crippen LogP contribution >= 0.6 is 0 Å². The number of hydrogen-bond donors (Lipinski definition) is 1. The second kappa shape index (κ2) is 6.61. The van der Waals surface area contributed by atoms with Crippen LogP contribution in [0.25, 0.3) is 0 Å². The normalized spacial score (nSPS) is 12.8. The van der Waals surface area contributed by atoms with E-state index in [2.05, 4.69) is 10.1 Å². The molecule has 4 nitrogen and oxygen atoms in total. The highest BCUT2D eigenvalue weighted by molar-refractivity contribution is 5.16. The molecule has 0 saturated carbocycles. The first kappa shape index (κ1) is 14.7. The SMILES string of the molecule is CC(C)n1ncnc1CC(CO)Cc1ccc(F)cc1. The topological polar surface area (TPSA) is 50.9 Å². The van der Waals surface area contributed by atoms with E-state index in [9.17, 15) is 9.50 Å². The molecule has 20 heavy (non-hydrogen) atoms. The van der Waals surface area contributed by atoms with E-state index in [4.69, 9.17) is 0 Å². The Kier molecular flexibility index (Phi) is 4.84. The van der Waals surface area contributed by atoms with Crippen LogP contribution in [0.1, 0.15) is 31.3 Å². The quantitative estimate of drug-likeness (QED) is 0.882. The Morgan fingerprint density at radius 3 is 2.50 bits per heavy atom. The lowest BCUT2D eigenvalue weighted by Gasteiger charge is -2.16. The van der Waals surface area contributed by atoms with Crippen molar-refractivity contribution in [3.05, 3.63) is 47.8 Å². The minimum Gasteiger partial charge on any atom is -0.396 e. The molecule has 1 aromatic carbocycles. The van der Waals surface area contributed by atoms with Crippen molar-refractivity contribution in [3.8, 4) is 0 Å². The molecule has 1 atom stereocenters. The maximum absolute atomic E-state index is 12.9. The van der Waals surface area contributed by atoms with E-state index in [1.54, 1.807) is 18.5 Å². The molecule has 2 aromatic rings. The molecule has 0 saturated heterocycles. The summed E-state index contributed by atoms with van der Waals surface area (Å²) in [5.74, 6) is 0.692. The van der Waals surface area contributed by atoms with Crippen LogP contribution in [-0.2, 0) is 12.8 Å². The van der Waals surface area contributed by atoms with Gasteiger partial charge in [0.2, 0.25) is 0 Å². The summed E-state index contributed by atoms with van der Waals surface area (Å²) in [5.41, 5.74) is 1.01. The molecule has 5 heteroatoms. The molecule has 0 amide bonds. The third-order valence-corrected chi connectivity index (χ3v) is 3.30. The van der Waals surface area contributed by atoms with Crippen molar-refractivity contribution in [2.24, 2.45) is 5.92 Å². The van der Waals surface area contributed by atoms with Crippen LogP contribution in [0, 0.1) is 11.7 Å². The lowest BCUT2D eigenvalue weighted by molar-refractivity contribution is 0.221. The highest BCUT2D eigenvalue weighted by Gasteiger charge is 2.15. The van der Waals surface area contributed by atoms with E-state index in [-0.39, 0.29) is 24.4 Å². The lowest BCUT2D eigenvalue weighted by atomic mass is 9.96. The molecule has 1 heterocycles. The maximum Gasteiger partial charge on any atom is 0.138 e. The average Bonchev–Trinajstić information content (AvgIpc) is 2.88. The van der Waals surface area contributed by atoms with Gasteiger partial charge in [-0.2, -0.15) is 5.10 Å². The Bertz CT molecular complexity index is 536. The van der Waals surface area contributed by atoms with Crippen molar-refractivity contribution in [2.75, 3.05) is 6.61 Å². The van der Waals surface area contributed by atoms with Gasteiger partial charge in [0.15, 0.2) is 0 Å². The molecule has 1 N–H and O–H groups in total.